The third-order valence-electron chi connectivity index (χ3n) is 2.29. The Kier molecular flexibility index (Phi) is 7.03. The summed E-state index contributed by atoms with van der Waals surface area (Å²) in [6.45, 7) is 4.00. The molecule has 7 heteroatoms. The molecule has 21 heavy (non-hydrogen) atoms. The average molecular weight is 307 g/mol. The van der Waals surface area contributed by atoms with Crippen molar-refractivity contribution in [2.75, 3.05) is 11.8 Å². The van der Waals surface area contributed by atoms with Crippen LogP contribution in [0.2, 0.25) is 0 Å². The molecule has 0 saturated heterocycles. The van der Waals surface area contributed by atoms with Crippen molar-refractivity contribution < 1.29 is 9.66 Å². The van der Waals surface area contributed by atoms with E-state index in [1.807, 2.05) is 13.8 Å². The van der Waals surface area contributed by atoms with Crippen LogP contribution in [0.15, 0.2) is 47.5 Å². The maximum Gasteiger partial charge on any atom is 0.269 e. The summed E-state index contributed by atoms with van der Waals surface area (Å²) in [5.74, 6) is 1.37. The molecule has 0 amide bonds. The number of nitro groups is 1. The van der Waals surface area contributed by atoms with Gasteiger partial charge in [-0.3, -0.25) is 10.1 Å². The maximum absolute atomic E-state index is 10.5. The van der Waals surface area contributed by atoms with E-state index in [2.05, 4.69) is 9.71 Å². The lowest BCUT2D eigenvalue weighted by Gasteiger charge is -2.05. The summed E-state index contributed by atoms with van der Waals surface area (Å²) in [5.41, 5.74) is 0.0759. The smallest absolute Gasteiger partial charge is 0.269 e. The Morgan fingerprint density at radius 3 is 2.33 bits per heavy atom. The molecule has 1 heterocycles. The Morgan fingerprint density at radius 1 is 1.19 bits per heavy atom. The second-order valence-electron chi connectivity index (χ2n) is 3.54. The van der Waals surface area contributed by atoms with E-state index in [1.165, 1.54) is 24.1 Å². The maximum atomic E-state index is 10.5. The molecule has 6 nitrogen and oxygen atoms in total. The van der Waals surface area contributed by atoms with Gasteiger partial charge in [-0.2, -0.15) is 0 Å². The minimum atomic E-state index is -0.424. The van der Waals surface area contributed by atoms with Crippen molar-refractivity contribution in [3.63, 3.8) is 0 Å². The summed E-state index contributed by atoms with van der Waals surface area (Å²) in [5, 5.41) is 10.5. The van der Waals surface area contributed by atoms with E-state index < -0.39 is 4.92 Å². The lowest BCUT2D eigenvalue weighted by Crippen LogP contribution is -1.92. The summed E-state index contributed by atoms with van der Waals surface area (Å²) in [4.78, 5) is 15.1. The molecule has 2 rings (SSSR count). The molecule has 0 saturated carbocycles. The van der Waals surface area contributed by atoms with Gasteiger partial charge >= 0.3 is 0 Å². The van der Waals surface area contributed by atoms with Crippen molar-refractivity contribution in [3.8, 4) is 5.75 Å². The number of hydrogen-bond donors (Lipinski definition) is 1. The van der Waals surface area contributed by atoms with Crippen LogP contribution in [0.4, 0.5) is 11.5 Å². The molecule has 0 atom stereocenters. The number of rotatable bonds is 5. The highest BCUT2D eigenvalue weighted by atomic mass is 32.2. The third kappa shape index (κ3) is 5.31. The van der Waals surface area contributed by atoms with Crippen LogP contribution in [0.1, 0.15) is 13.8 Å². The van der Waals surface area contributed by atoms with E-state index in [1.54, 1.807) is 37.6 Å². The number of methoxy groups -OCH3 is 1. The molecule has 0 fully saturated rings. The number of nitro benzene ring substituents is 1. The van der Waals surface area contributed by atoms with Crippen LogP contribution in [0, 0.1) is 10.1 Å². The van der Waals surface area contributed by atoms with Crippen LogP contribution in [0.3, 0.4) is 0 Å². The van der Waals surface area contributed by atoms with Crippen molar-refractivity contribution in [2.24, 2.45) is 0 Å². The van der Waals surface area contributed by atoms with Gasteiger partial charge in [0, 0.05) is 17.0 Å². The molecule has 1 N–H and O–H groups in total. The van der Waals surface area contributed by atoms with Gasteiger partial charge in [0.2, 0.25) is 0 Å². The van der Waals surface area contributed by atoms with Gasteiger partial charge in [0.05, 0.1) is 18.2 Å². The fourth-order valence-electron chi connectivity index (χ4n) is 1.31. The van der Waals surface area contributed by atoms with Crippen molar-refractivity contribution in [1.82, 2.24) is 4.98 Å². The van der Waals surface area contributed by atoms with E-state index in [9.17, 15) is 10.1 Å². The molecule has 0 radical (unpaired) electrons. The predicted octanol–water partition coefficient (Wildman–Crippen LogP) is 4.14. The van der Waals surface area contributed by atoms with Gasteiger partial charge in [-0.25, -0.2) is 4.98 Å². The summed E-state index contributed by atoms with van der Waals surface area (Å²) in [6.07, 6.45) is 1.61. The van der Waals surface area contributed by atoms with Crippen molar-refractivity contribution in [3.05, 3.63) is 52.7 Å². The number of nitrogens with one attached hydrogen (secondary N) is 1. The topological polar surface area (TPSA) is 77.3 Å². The highest BCUT2D eigenvalue weighted by Gasteiger charge is 2.04. The lowest BCUT2D eigenvalue weighted by atomic mass is 10.3. The molecular weight excluding hydrogens is 290 g/mol. The van der Waals surface area contributed by atoms with E-state index in [0.717, 1.165) is 4.90 Å². The van der Waals surface area contributed by atoms with E-state index in [4.69, 9.17) is 4.74 Å². The zero-order valence-corrected chi connectivity index (χ0v) is 12.9. The Bertz CT molecular complexity index is 559. The second-order valence-corrected chi connectivity index (χ2v) is 4.42. The second kappa shape index (κ2) is 8.80. The highest BCUT2D eigenvalue weighted by molar-refractivity contribution is 8.00. The number of non-ortho nitro benzene ring substituents is 1. The van der Waals surface area contributed by atoms with Crippen molar-refractivity contribution >= 4 is 23.5 Å². The van der Waals surface area contributed by atoms with Crippen molar-refractivity contribution in [2.45, 2.75) is 18.7 Å². The minimum absolute atomic E-state index is 0.0759. The van der Waals surface area contributed by atoms with Crippen LogP contribution in [-0.4, -0.2) is 17.0 Å². The number of ether oxygens (including phenoxy) is 1. The normalized spacial score (nSPS) is 9.29. The number of hydrogen-bond acceptors (Lipinski definition) is 6. The Labute approximate surface area is 127 Å². The fraction of sp³-hybridized carbons (Fsp3) is 0.214. The largest absolute Gasteiger partial charge is 0.495 e. The molecular formula is C14H17N3O3S. The van der Waals surface area contributed by atoms with Gasteiger partial charge in [0.1, 0.15) is 11.6 Å². The van der Waals surface area contributed by atoms with E-state index in [-0.39, 0.29) is 5.69 Å². The Balaban J connectivity index is 0.00000106. The van der Waals surface area contributed by atoms with Crippen LogP contribution >= 0.6 is 11.9 Å². The zero-order chi connectivity index (χ0) is 15.7. The number of benzene rings is 1. The molecule has 0 aliphatic heterocycles. The monoisotopic (exact) mass is 307 g/mol. The first-order valence-corrected chi connectivity index (χ1v) is 7.18. The molecule has 112 valence electrons. The van der Waals surface area contributed by atoms with Crippen LogP contribution in [-0.2, 0) is 0 Å². The van der Waals surface area contributed by atoms with Crippen LogP contribution < -0.4 is 9.46 Å². The number of anilines is 1. The van der Waals surface area contributed by atoms with Gasteiger partial charge in [-0.1, -0.05) is 13.8 Å². The number of pyridine rings is 1. The summed E-state index contributed by atoms with van der Waals surface area (Å²) in [7, 11) is 1.58. The average Bonchev–Trinajstić information content (AvgIpc) is 2.55. The molecule has 2 aromatic rings. The predicted molar refractivity (Wildman–Crippen MR) is 84.7 cm³/mol. The fourth-order valence-corrected chi connectivity index (χ4v) is 1.92. The molecule has 0 unspecified atom stereocenters. The first kappa shape index (κ1) is 16.8. The zero-order valence-electron chi connectivity index (χ0n) is 12.1. The van der Waals surface area contributed by atoms with Crippen LogP contribution in [0.5, 0.6) is 5.75 Å². The SMILES string of the molecule is CC.COc1ccc(NSc2ccc([N+](=O)[O-])cc2)nc1. The Morgan fingerprint density at radius 2 is 1.86 bits per heavy atom. The standard InChI is InChI=1S/C12H11N3O3S.C2H6/c1-18-10-4-7-12(13-8-10)14-19-11-5-2-9(3-6-11)15(16)17;1-2/h2-8H,1H3,(H,13,14);1-2H3. The summed E-state index contributed by atoms with van der Waals surface area (Å²) in [6, 6.07) is 9.87. The first-order chi connectivity index (χ1) is 10.2. The minimum Gasteiger partial charge on any atom is -0.495 e. The molecule has 0 spiro atoms. The highest BCUT2D eigenvalue weighted by Crippen LogP contribution is 2.23. The molecule has 1 aromatic carbocycles. The van der Waals surface area contributed by atoms with Crippen LogP contribution in [0.25, 0.3) is 0 Å². The summed E-state index contributed by atoms with van der Waals surface area (Å²) < 4.78 is 8.05. The van der Waals surface area contributed by atoms with Crippen molar-refractivity contribution in [1.29, 1.82) is 0 Å². The first-order valence-electron chi connectivity index (χ1n) is 6.36. The quantitative estimate of drug-likeness (QED) is 0.508. The molecule has 1 aromatic heterocycles. The number of nitrogens with zero attached hydrogens (tertiary/aromatic N) is 2. The van der Waals surface area contributed by atoms with Gasteiger partial charge < -0.3 is 9.46 Å². The molecule has 0 aliphatic rings. The Hall–Kier alpha value is -2.28. The molecule has 0 bridgehead atoms. The van der Waals surface area contributed by atoms with Gasteiger partial charge in [-0.15, -0.1) is 0 Å². The van der Waals surface area contributed by atoms with E-state index >= 15 is 0 Å². The van der Waals surface area contributed by atoms with Gasteiger partial charge in [0.25, 0.3) is 5.69 Å². The lowest BCUT2D eigenvalue weighted by molar-refractivity contribution is -0.384. The third-order valence-corrected chi connectivity index (χ3v) is 3.11. The van der Waals surface area contributed by atoms with E-state index in [0.29, 0.717) is 11.6 Å². The van der Waals surface area contributed by atoms with Gasteiger partial charge in [0.15, 0.2) is 0 Å². The van der Waals surface area contributed by atoms with Gasteiger partial charge in [-0.05, 0) is 36.2 Å². The number of aromatic nitrogens is 1. The summed E-state index contributed by atoms with van der Waals surface area (Å²) >= 11 is 1.33. The molecule has 0 aliphatic carbocycles.